The third-order valence-electron chi connectivity index (χ3n) is 3.07. The lowest BCUT2D eigenvalue weighted by Crippen LogP contribution is -2.35. The highest BCUT2D eigenvalue weighted by atomic mass is 19.1. The molecule has 0 heterocycles. The fourth-order valence-corrected chi connectivity index (χ4v) is 2.24. The second-order valence-electron chi connectivity index (χ2n) is 4.51. The van der Waals surface area contributed by atoms with Crippen molar-refractivity contribution in [1.29, 1.82) is 0 Å². The zero-order valence-electron chi connectivity index (χ0n) is 9.35. The van der Waals surface area contributed by atoms with Gasteiger partial charge in [0.1, 0.15) is 11.5 Å². The van der Waals surface area contributed by atoms with Crippen LogP contribution < -0.4 is 11.1 Å². The van der Waals surface area contributed by atoms with Gasteiger partial charge < -0.3 is 11.1 Å². The van der Waals surface area contributed by atoms with Gasteiger partial charge in [0.15, 0.2) is 11.6 Å². The van der Waals surface area contributed by atoms with Crippen molar-refractivity contribution >= 4 is 5.69 Å². The summed E-state index contributed by atoms with van der Waals surface area (Å²) in [5, 5.41) is 2.78. The van der Waals surface area contributed by atoms with Crippen LogP contribution in [-0.2, 0) is 0 Å². The number of anilines is 1. The number of rotatable bonds is 2. The van der Waals surface area contributed by atoms with Crippen LogP contribution in [-0.4, -0.2) is 12.1 Å². The standard InChI is InChI=1S/C12H15F3N2/c13-7-4-10(14)12(11(15)5-7)17-9-3-1-2-8(16)6-9/h4-5,8-9,17H,1-3,6,16H2. The molecule has 0 aliphatic heterocycles. The fraction of sp³-hybridized carbons (Fsp3) is 0.500. The molecule has 2 rings (SSSR count). The topological polar surface area (TPSA) is 38.0 Å². The van der Waals surface area contributed by atoms with Crippen molar-refractivity contribution in [3.05, 3.63) is 29.6 Å². The smallest absolute Gasteiger partial charge is 0.152 e. The summed E-state index contributed by atoms with van der Waals surface area (Å²) < 4.78 is 39.5. The van der Waals surface area contributed by atoms with Crippen molar-refractivity contribution < 1.29 is 13.2 Å². The van der Waals surface area contributed by atoms with Crippen LogP contribution in [0.3, 0.4) is 0 Å². The molecule has 5 heteroatoms. The maximum absolute atomic E-state index is 13.4. The van der Waals surface area contributed by atoms with Crippen molar-refractivity contribution in [2.24, 2.45) is 5.73 Å². The molecule has 2 unspecified atom stereocenters. The summed E-state index contributed by atoms with van der Waals surface area (Å²) in [5.74, 6) is -2.71. The molecule has 1 saturated carbocycles. The van der Waals surface area contributed by atoms with Gasteiger partial charge in [-0.25, -0.2) is 13.2 Å². The van der Waals surface area contributed by atoms with Gasteiger partial charge in [-0.3, -0.25) is 0 Å². The SMILES string of the molecule is NC1CCCC(Nc2c(F)cc(F)cc2F)C1. The lowest BCUT2D eigenvalue weighted by Gasteiger charge is -2.28. The van der Waals surface area contributed by atoms with Crippen LogP contribution in [0.15, 0.2) is 12.1 Å². The first kappa shape index (κ1) is 12.2. The summed E-state index contributed by atoms with van der Waals surface area (Å²) in [5.41, 5.74) is 5.53. The van der Waals surface area contributed by atoms with Crippen LogP contribution >= 0.6 is 0 Å². The number of benzene rings is 1. The molecule has 0 saturated heterocycles. The second kappa shape index (κ2) is 4.96. The highest BCUT2D eigenvalue weighted by molar-refractivity contribution is 5.47. The van der Waals surface area contributed by atoms with E-state index in [0.717, 1.165) is 19.3 Å². The molecule has 3 N–H and O–H groups in total. The van der Waals surface area contributed by atoms with Gasteiger partial charge in [-0.2, -0.15) is 0 Å². The van der Waals surface area contributed by atoms with Gasteiger partial charge in [0.25, 0.3) is 0 Å². The molecule has 1 aromatic rings. The monoisotopic (exact) mass is 244 g/mol. The molecular weight excluding hydrogens is 229 g/mol. The Kier molecular flexibility index (Phi) is 3.57. The van der Waals surface area contributed by atoms with E-state index in [2.05, 4.69) is 5.32 Å². The molecule has 0 bridgehead atoms. The Morgan fingerprint density at radius 2 is 1.76 bits per heavy atom. The molecule has 0 radical (unpaired) electrons. The number of hydrogen-bond acceptors (Lipinski definition) is 2. The molecule has 17 heavy (non-hydrogen) atoms. The van der Waals surface area contributed by atoms with E-state index in [-0.39, 0.29) is 17.8 Å². The van der Waals surface area contributed by atoms with Gasteiger partial charge in [0.2, 0.25) is 0 Å². The van der Waals surface area contributed by atoms with Crippen molar-refractivity contribution in [2.45, 2.75) is 37.8 Å². The molecule has 0 spiro atoms. The first-order chi connectivity index (χ1) is 8.06. The molecule has 1 fully saturated rings. The minimum absolute atomic E-state index is 0.0480. The normalized spacial score (nSPS) is 24.7. The predicted molar refractivity (Wildman–Crippen MR) is 60.2 cm³/mol. The summed E-state index contributed by atoms with van der Waals surface area (Å²) in [6.07, 6.45) is 3.37. The molecule has 0 amide bonds. The Morgan fingerprint density at radius 3 is 2.35 bits per heavy atom. The summed E-state index contributed by atoms with van der Waals surface area (Å²) in [7, 11) is 0. The maximum Gasteiger partial charge on any atom is 0.152 e. The molecule has 1 aromatic carbocycles. The van der Waals surface area contributed by atoms with Gasteiger partial charge in [0, 0.05) is 24.2 Å². The minimum Gasteiger partial charge on any atom is -0.378 e. The second-order valence-corrected chi connectivity index (χ2v) is 4.51. The lowest BCUT2D eigenvalue weighted by atomic mass is 9.91. The van der Waals surface area contributed by atoms with E-state index in [1.165, 1.54) is 0 Å². The average molecular weight is 244 g/mol. The van der Waals surface area contributed by atoms with Gasteiger partial charge in [-0.15, -0.1) is 0 Å². The molecule has 2 atom stereocenters. The van der Waals surface area contributed by atoms with Gasteiger partial charge in [-0.1, -0.05) is 0 Å². The Labute approximate surface area is 98.0 Å². The fourth-order valence-electron chi connectivity index (χ4n) is 2.24. The van der Waals surface area contributed by atoms with Gasteiger partial charge >= 0.3 is 0 Å². The van der Waals surface area contributed by atoms with E-state index in [4.69, 9.17) is 5.73 Å². The summed E-state index contributed by atoms with van der Waals surface area (Å²) >= 11 is 0. The Bertz CT molecular complexity index is 386. The third kappa shape index (κ3) is 2.91. The van der Waals surface area contributed by atoms with E-state index < -0.39 is 17.5 Å². The quantitative estimate of drug-likeness (QED) is 0.839. The van der Waals surface area contributed by atoms with E-state index in [0.29, 0.717) is 18.6 Å². The summed E-state index contributed by atoms with van der Waals surface area (Å²) in [6.45, 7) is 0. The number of hydrogen-bond donors (Lipinski definition) is 2. The van der Waals surface area contributed by atoms with Crippen molar-refractivity contribution in [3.63, 3.8) is 0 Å². The predicted octanol–water partition coefficient (Wildman–Crippen LogP) is 2.79. The van der Waals surface area contributed by atoms with E-state index >= 15 is 0 Å². The molecule has 94 valence electrons. The maximum atomic E-state index is 13.4. The van der Waals surface area contributed by atoms with Crippen LogP contribution in [0.5, 0.6) is 0 Å². The first-order valence-corrected chi connectivity index (χ1v) is 5.73. The molecule has 0 aromatic heterocycles. The number of nitrogens with two attached hydrogens (primary N) is 1. The van der Waals surface area contributed by atoms with E-state index in [1.54, 1.807) is 0 Å². The van der Waals surface area contributed by atoms with Crippen LogP contribution in [0.2, 0.25) is 0 Å². The van der Waals surface area contributed by atoms with E-state index in [9.17, 15) is 13.2 Å². The Balaban J connectivity index is 2.12. The third-order valence-corrected chi connectivity index (χ3v) is 3.07. The summed E-state index contributed by atoms with van der Waals surface area (Å²) in [4.78, 5) is 0. The van der Waals surface area contributed by atoms with Crippen molar-refractivity contribution in [3.8, 4) is 0 Å². The highest BCUT2D eigenvalue weighted by Crippen LogP contribution is 2.25. The first-order valence-electron chi connectivity index (χ1n) is 5.73. The summed E-state index contributed by atoms with van der Waals surface area (Å²) in [6, 6.07) is 1.36. The van der Waals surface area contributed by atoms with Crippen LogP contribution in [0, 0.1) is 17.5 Å². The number of nitrogens with one attached hydrogen (secondary N) is 1. The van der Waals surface area contributed by atoms with Crippen LogP contribution in [0.1, 0.15) is 25.7 Å². The minimum atomic E-state index is -0.911. The van der Waals surface area contributed by atoms with Crippen molar-refractivity contribution in [1.82, 2.24) is 0 Å². The zero-order valence-corrected chi connectivity index (χ0v) is 9.35. The molecule has 1 aliphatic rings. The highest BCUT2D eigenvalue weighted by Gasteiger charge is 2.21. The Hall–Kier alpha value is -1.23. The number of halogens is 3. The molecule has 2 nitrogen and oxygen atoms in total. The largest absolute Gasteiger partial charge is 0.378 e. The zero-order chi connectivity index (χ0) is 12.4. The average Bonchev–Trinajstić information content (AvgIpc) is 2.23. The van der Waals surface area contributed by atoms with Gasteiger partial charge in [0.05, 0.1) is 0 Å². The van der Waals surface area contributed by atoms with Crippen LogP contribution in [0.25, 0.3) is 0 Å². The van der Waals surface area contributed by atoms with Crippen LogP contribution in [0.4, 0.5) is 18.9 Å². The molecule has 1 aliphatic carbocycles. The van der Waals surface area contributed by atoms with Crippen molar-refractivity contribution in [2.75, 3.05) is 5.32 Å². The van der Waals surface area contributed by atoms with E-state index in [1.807, 2.05) is 0 Å². The van der Waals surface area contributed by atoms with Gasteiger partial charge in [-0.05, 0) is 25.7 Å². The lowest BCUT2D eigenvalue weighted by molar-refractivity contribution is 0.406. The molecular formula is C12H15F3N2. The Morgan fingerprint density at radius 1 is 1.12 bits per heavy atom.